The third-order valence-corrected chi connectivity index (χ3v) is 6.61. The van der Waals surface area contributed by atoms with E-state index in [4.69, 9.17) is 0 Å². The Bertz CT molecular complexity index is 1220. The molecule has 2 aromatic heterocycles. The third kappa shape index (κ3) is 5.39. The largest absolute Gasteiger partial charge is 0.354 e. The zero-order chi connectivity index (χ0) is 23.5. The Balaban J connectivity index is 1.48. The Morgan fingerprint density at radius 1 is 1.24 bits per heavy atom. The van der Waals surface area contributed by atoms with Crippen LogP contribution in [0.5, 0.6) is 0 Å². The average Bonchev–Trinajstić information content (AvgIpc) is 3.22. The van der Waals surface area contributed by atoms with Crippen LogP contribution in [0.3, 0.4) is 0 Å². The number of nitrogens with zero attached hydrogens (tertiary/aromatic N) is 4. The Hall–Kier alpha value is -3.27. The molecule has 0 bridgehead atoms. The average molecular weight is 469 g/mol. The van der Waals surface area contributed by atoms with E-state index in [1.807, 2.05) is 49.9 Å². The van der Waals surface area contributed by atoms with Gasteiger partial charge >= 0.3 is 0 Å². The molecule has 0 saturated carbocycles. The highest BCUT2D eigenvalue weighted by Gasteiger charge is 2.28. The molecule has 3 heterocycles. The van der Waals surface area contributed by atoms with Gasteiger partial charge in [-0.1, -0.05) is 29.0 Å². The van der Waals surface area contributed by atoms with Gasteiger partial charge in [0, 0.05) is 24.8 Å². The third-order valence-electron chi connectivity index (χ3n) is 5.52. The molecule has 1 atom stereocenters. The van der Waals surface area contributed by atoms with Gasteiger partial charge in [-0.25, -0.2) is 4.98 Å². The summed E-state index contributed by atoms with van der Waals surface area (Å²) in [6, 6.07) is 7.55. The molecule has 1 saturated heterocycles. The maximum Gasteiger partial charge on any atom is 0.273 e. The van der Waals surface area contributed by atoms with Crippen LogP contribution in [0.15, 0.2) is 35.4 Å². The first-order valence-electron chi connectivity index (χ1n) is 11.1. The summed E-state index contributed by atoms with van der Waals surface area (Å²) >= 11 is 1.26. The van der Waals surface area contributed by atoms with Crippen LogP contribution in [-0.4, -0.2) is 45.5 Å². The molecule has 3 aromatic rings. The van der Waals surface area contributed by atoms with E-state index in [-0.39, 0.29) is 35.9 Å². The molecular weight excluding hydrogens is 440 g/mol. The van der Waals surface area contributed by atoms with E-state index in [0.717, 1.165) is 24.9 Å². The number of amides is 2. The van der Waals surface area contributed by atoms with E-state index in [0.29, 0.717) is 27.7 Å². The summed E-state index contributed by atoms with van der Waals surface area (Å²) in [6.07, 6.45) is 3.07. The predicted octanol–water partition coefficient (Wildman–Crippen LogP) is 2.54. The van der Waals surface area contributed by atoms with Gasteiger partial charge in [0.1, 0.15) is 17.6 Å². The molecule has 33 heavy (non-hydrogen) atoms. The molecule has 1 aromatic carbocycles. The molecule has 1 fully saturated rings. The van der Waals surface area contributed by atoms with Crippen LogP contribution in [-0.2, 0) is 16.1 Å². The van der Waals surface area contributed by atoms with Gasteiger partial charge in [-0.05, 0) is 45.7 Å². The lowest BCUT2D eigenvalue weighted by Crippen LogP contribution is -2.44. The number of anilines is 2. The standard InChI is InChI=1S/C23H28N6O3S/c1-14(2)25-21(31)16-5-4-10-28(11-16)23-27-20-19(33-23)22(32)29(13-24-20)12-18(30)26-17-8-6-15(3)7-9-17/h6-9,13-14,16H,4-5,10-12H2,1-3H3,(H,25,31)(H,26,30)/t16-/m0/s1. The van der Waals surface area contributed by atoms with Crippen LogP contribution in [0.25, 0.3) is 10.3 Å². The van der Waals surface area contributed by atoms with E-state index < -0.39 is 0 Å². The number of aryl methyl sites for hydroxylation is 1. The van der Waals surface area contributed by atoms with Gasteiger partial charge in [-0.15, -0.1) is 0 Å². The maximum absolute atomic E-state index is 13.0. The Labute approximate surface area is 195 Å². The number of carbonyl (C=O) groups excluding carboxylic acids is 2. The van der Waals surface area contributed by atoms with Gasteiger partial charge in [0.25, 0.3) is 5.56 Å². The highest BCUT2D eigenvalue weighted by atomic mass is 32.1. The second kappa shape index (κ2) is 9.70. The number of nitrogens with one attached hydrogen (secondary N) is 2. The zero-order valence-electron chi connectivity index (χ0n) is 19.0. The van der Waals surface area contributed by atoms with Crippen molar-refractivity contribution >= 4 is 44.3 Å². The van der Waals surface area contributed by atoms with Crippen molar-refractivity contribution in [2.75, 3.05) is 23.3 Å². The first-order valence-corrected chi connectivity index (χ1v) is 11.9. The summed E-state index contributed by atoms with van der Waals surface area (Å²) < 4.78 is 1.70. The van der Waals surface area contributed by atoms with Crippen LogP contribution < -0.4 is 21.1 Å². The normalized spacial score (nSPS) is 16.2. The van der Waals surface area contributed by atoms with Crippen molar-refractivity contribution in [3.8, 4) is 0 Å². The molecule has 174 valence electrons. The van der Waals surface area contributed by atoms with Crippen LogP contribution in [0.4, 0.5) is 10.8 Å². The second-order valence-electron chi connectivity index (χ2n) is 8.69. The second-order valence-corrected chi connectivity index (χ2v) is 9.67. The number of carbonyl (C=O) groups is 2. The minimum Gasteiger partial charge on any atom is -0.354 e. The Morgan fingerprint density at radius 2 is 2.00 bits per heavy atom. The molecule has 0 aliphatic carbocycles. The van der Waals surface area contributed by atoms with Crippen LogP contribution >= 0.6 is 11.3 Å². The van der Waals surface area contributed by atoms with E-state index >= 15 is 0 Å². The number of thiazole rings is 1. The molecule has 9 nitrogen and oxygen atoms in total. The maximum atomic E-state index is 13.0. The van der Waals surface area contributed by atoms with Gasteiger partial charge in [0.2, 0.25) is 11.8 Å². The number of piperidine rings is 1. The number of hydrogen-bond acceptors (Lipinski definition) is 7. The summed E-state index contributed by atoms with van der Waals surface area (Å²) in [5, 5.41) is 6.45. The fourth-order valence-corrected chi connectivity index (χ4v) is 4.85. The van der Waals surface area contributed by atoms with Crippen LogP contribution in [0.1, 0.15) is 32.3 Å². The number of rotatable bonds is 6. The Kier molecular flexibility index (Phi) is 6.73. The summed E-state index contributed by atoms with van der Waals surface area (Å²) in [4.78, 5) is 48.7. The van der Waals surface area contributed by atoms with E-state index in [1.165, 1.54) is 22.2 Å². The first-order chi connectivity index (χ1) is 15.8. The van der Waals surface area contributed by atoms with Crippen LogP contribution in [0.2, 0.25) is 0 Å². The van der Waals surface area contributed by atoms with Gasteiger partial charge in [-0.3, -0.25) is 19.0 Å². The zero-order valence-corrected chi connectivity index (χ0v) is 19.8. The molecule has 2 amide bonds. The topological polar surface area (TPSA) is 109 Å². The minimum atomic E-state index is -0.304. The lowest BCUT2D eigenvalue weighted by molar-refractivity contribution is -0.125. The van der Waals surface area contributed by atoms with E-state index in [1.54, 1.807) is 0 Å². The van der Waals surface area contributed by atoms with Gasteiger partial charge in [0.15, 0.2) is 10.8 Å². The molecule has 4 rings (SSSR count). The molecule has 0 unspecified atom stereocenters. The lowest BCUT2D eigenvalue weighted by Gasteiger charge is -2.32. The summed E-state index contributed by atoms with van der Waals surface area (Å²) in [7, 11) is 0. The number of hydrogen-bond donors (Lipinski definition) is 2. The van der Waals surface area contributed by atoms with Crippen molar-refractivity contribution in [2.24, 2.45) is 5.92 Å². The van der Waals surface area contributed by atoms with Crippen molar-refractivity contribution in [1.29, 1.82) is 0 Å². The van der Waals surface area contributed by atoms with Crippen molar-refractivity contribution in [3.05, 3.63) is 46.5 Å². The summed E-state index contributed by atoms with van der Waals surface area (Å²) in [5.74, 6) is -0.360. The van der Waals surface area contributed by atoms with Gasteiger partial charge < -0.3 is 15.5 Å². The highest BCUT2D eigenvalue weighted by Crippen LogP contribution is 2.29. The quantitative estimate of drug-likeness (QED) is 0.575. The SMILES string of the molecule is Cc1ccc(NC(=O)Cn2cnc3nc(N4CCC[C@H](C(=O)NC(C)C)C4)sc3c2=O)cc1. The molecule has 1 aliphatic heterocycles. The van der Waals surface area contributed by atoms with Crippen molar-refractivity contribution in [2.45, 2.75) is 46.2 Å². The van der Waals surface area contributed by atoms with Gasteiger partial charge in [0.05, 0.1) is 5.92 Å². The first kappa shape index (κ1) is 22.9. The van der Waals surface area contributed by atoms with Crippen LogP contribution in [0, 0.1) is 12.8 Å². The molecule has 0 radical (unpaired) electrons. The molecule has 1 aliphatic rings. The lowest BCUT2D eigenvalue weighted by atomic mass is 9.97. The number of benzene rings is 1. The minimum absolute atomic E-state index is 0.0517. The monoisotopic (exact) mass is 468 g/mol. The molecule has 10 heteroatoms. The molecule has 2 N–H and O–H groups in total. The number of aromatic nitrogens is 3. The number of fused-ring (bicyclic) bond motifs is 1. The molecule has 0 spiro atoms. The smallest absolute Gasteiger partial charge is 0.273 e. The van der Waals surface area contributed by atoms with E-state index in [2.05, 4.69) is 20.6 Å². The highest BCUT2D eigenvalue weighted by molar-refractivity contribution is 7.22. The summed E-state index contributed by atoms with van der Waals surface area (Å²) in [5.41, 5.74) is 1.84. The fourth-order valence-electron chi connectivity index (χ4n) is 3.84. The predicted molar refractivity (Wildman–Crippen MR) is 130 cm³/mol. The van der Waals surface area contributed by atoms with Crippen molar-refractivity contribution in [3.63, 3.8) is 0 Å². The summed E-state index contributed by atoms with van der Waals surface area (Å²) in [6.45, 7) is 7.07. The van der Waals surface area contributed by atoms with Crippen molar-refractivity contribution in [1.82, 2.24) is 19.9 Å². The molecular formula is C23H28N6O3S. The van der Waals surface area contributed by atoms with Gasteiger partial charge in [-0.2, -0.15) is 4.98 Å². The van der Waals surface area contributed by atoms with E-state index in [9.17, 15) is 14.4 Å². The van der Waals surface area contributed by atoms with Crippen molar-refractivity contribution < 1.29 is 9.59 Å². The Morgan fingerprint density at radius 3 is 2.73 bits per heavy atom. The fraction of sp³-hybridized carbons (Fsp3) is 0.435.